The van der Waals surface area contributed by atoms with Gasteiger partial charge in [-0.2, -0.15) is 0 Å². The Bertz CT molecular complexity index is 498. The van der Waals surface area contributed by atoms with E-state index >= 15 is 0 Å². The molecule has 2 N–H and O–H groups in total. The first kappa shape index (κ1) is 18.4. The average molecular weight is 310 g/mol. The van der Waals surface area contributed by atoms with Gasteiger partial charge in [-0.3, -0.25) is 0 Å². The van der Waals surface area contributed by atoms with Crippen molar-refractivity contribution in [1.82, 2.24) is 10.6 Å². The van der Waals surface area contributed by atoms with Gasteiger partial charge in [0.1, 0.15) is 11.4 Å². The Morgan fingerprint density at radius 1 is 1.36 bits per heavy atom. The minimum Gasteiger partial charge on any atom is -0.444 e. The molecule has 124 valence electrons. The van der Waals surface area contributed by atoms with Crippen LogP contribution in [-0.4, -0.2) is 24.3 Å². The monoisotopic (exact) mass is 310 g/mol. The van der Waals surface area contributed by atoms with Gasteiger partial charge in [0.05, 0.1) is 0 Å². The second kappa shape index (κ2) is 8.13. The van der Waals surface area contributed by atoms with E-state index in [9.17, 15) is 9.18 Å². The molecule has 0 saturated heterocycles. The van der Waals surface area contributed by atoms with E-state index in [-0.39, 0.29) is 11.9 Å². The van der Waals surface area contributed by atoms with E-state index in [1.165, 1.54) is 12.1 Å². The number of amides is 1. The summed E-state index contributed by atoms with van der Waals surface area (Å²) in [5.41, 5.74) is 1.47. The molecule has 1 aromatic rings. The number of halogens is 1. The lowest BCUT2D eigenvalue weighted by atomic mass is 10.1. The fraction of sp³-hybridized carbons (Fsp3) is 0.588. The van der Waals surface area contributed by atoms with E-state index in [1.54, 1.807) is 6.07 Å². The first-order chi connectivity index (χ1) is 10.2. The molecule has 0 aliphatic carbocycles. The van der Waals surface area contributed by atoms with E-state index < -0.39 is 11.7 Å². The summed E-state index contributed by atoms with van der Waals surface area (Å²) in [6.07, 6.45) is 0.397. The number of aryl methyl sites for hydroxylation is 1. The topological polar surface area (TPSA) is 50.4 Å². The Hall–Kier alpha value is -1.62. The highest BCUT2D eigenvalue weighted by Crippen LogP contribution is 2.10. The molecule has 22 heavy (non-hydrogen) atoms. The molecule has 1 amide bonds. The van der Waals surface area contributed by atoms with Crippen molar-refractivity contribution in [1.29, 1.82) is 0 Å². The zero-order valence-electron chi connectivity index (χ0n) is 14.1. The van der Waals surface area contributed by atoms with Crippen LogP contribution in [-0.2, 0) is 11.3 Å². The van der Waals surface area contributed by atoms with Gasteiger partial charge in [-0.25, -0.2) is 9.18 Å². The zero-order valence-corrected chi connectivity index (χ0v) is 14.1. The molecular weight excluding hydrogens is 283 g/mol. The third kappa shape index (κ3) is 6.89. The number of ether oxygens (including phenoxy) is 1. The lowest BCUT2D eigenvalue weighted by Crippen LogP contribution is -2.43. The van der Waals surface area contributed by atoms with E-state index in [0.29, 0.717) is 13.1 Å². The molecule has 0 heterocycles. The molecule has 1 atom stereocenters. The SMILES string of the molecule is CCC(CNCc1ccc(F)cc1C)NC(=O)OC(C)(C)C. The molecule has 0 fully saturated rings. The molecule has 1 aromatic carbocycles. The molecule has 4 nitrogen and oxygen atoms in total. The lowest BCUT2D eigenvalue weighted by molar-refractivity contribution is 0.0502. The standard InChI is InChI=1S/C17H27FN2O2/c1-6-15(20-16(21)22-17(3,4)5)11-19-10-13-7-8-14(18)9-12(13)2/h7-9,15,19H,6,10-11H2,1-5H3,(H,20,21). The summed E-state index contributed by atoms with van der Waals surface area (Å²) in [5, 5.41) is 6.14. The Balaban J connectivity index is 2.42. The van der Waals surface area contributed by atoms with Crippen molar-refractivity contribution in [2.75, 3.05) is 6.54 Å². The number of rotatable bonds is 6. The van der Waals surface area contributed by atoms with Crippen LogP contribution in [0.5, 0.6) is 0 Å². The van der Waals surface area contributed by atoms with Crippen molar-refractivity contribution >= 4 is 6.09 Å². The van der Waals surface area contributed by atoms with Crippen LogP contribution in [0.1, 0.15) is 45.2 Å². The molecule has 0 spiro atoms. The summed E-state index contributed by atoms with van der Waals surface area (Å²) in [5.74, 6) is -0.223. The molecule has 5 heteroatoms. The van der Waals surface area contributed by atoms with Crippen molar-refractivity contribution in [2.24, 2.45) is 0 Å². The van der Waals surface area contributed by atoms with Crippen LogP contribution < -0.4 is 10.6 Å². The van der Waals surface area contributed by atoms with E-state index in [0.717, 1.165) is 17.5 Å². The van der Waals surface area contributed by atoms with Crippen molar-refractivity contribution in [3.8, 4) is 0 Å². The van der Waals surface area contributed by atoms with Crippen LogP contribution in [0.25, 0.3) is 0 Å². The number of benzene rings is 1. The highest BCUT2D eigenvalue weighted by molar-refractivity contribution is 5.68. The minimum absolute atomic E-state index is 0.00407. The van der Waals surface area contributed by atoms with Gasteiger partial charge in [-0.1, -0.05) is 13.0 Å². The Morgan fingerprint density at radius 2 is 2.05 bits per heavy atom. The predicted molar refractivity (Wildman–Crippen MR) is 86.3 cm³/mol. The minimum atomic E-state index is -0.499. The summed E-state index contributed by atoms with van der Waals surface area (Å²) in [6, 6.07) is 4.75. The predicted octanol–water partition coefficient (Wildman–Crippen LogP) is 3.53. The highest BCUT2D eigenvalue weighted by Gasteiger charge is 2.18. The third-order valence-electron chi connectivity index (χ3n) is 3.22. The molecule has 1 rings (SSSR count). The quantitative estimate of drug-likeness (QED) is 0.845. The van der Waals surface area contributed by atoms with Crippen molar-refractivity contribution in [3.63, 3.8) is 0 Å². The van der Waals surface area contributed by atoms with Gasteiger partial charge >= 0.3 is 6.09 Å². The van der Waals surface area contributed by atoms with Gasteiger partial charge < -0.3 is 15.4 Å². The van der Waals surface area contributed by atoms with Crippen LogP contribution in [0, 0.1) is 12.7 Å². The summed E-state index contributed by atoms with van der Waals surface area (Å²) < 4.78 is 18.3. The maximum atomic E-state index is 13.0. The second-order valence-corrected chi connectivity index (χ2v) is 6.45. The average Bonchev–Trinajstić information content (AvgIpc) is 2.37. The lowest BCUT2D eigenvalue weighted by Gasteiger charge is -2.23. The maximum Gasteiger partial charge on any atom is 0.407 e. The Kier molecular flexibility index (Phi) is 6.81. The van der Waals surface area contributed by atoms with E-state index in [4.69, 9.17) is 4.74 Å². The normalized spacial score (nSPS) is 12.8. The Labute approximate surface area is 132 Å². The summed E-state index contributed by atoms with van der Waals surface area (Å²) in [4.78, 5) is 11.7. The van der Waals surface area contributed by atoms with Crippen molar-refractivity contribution in [2.45, 2.75) is 59.2 Å². The maximum absolute atomic E-state index is 13.0. The fourth-order valence-electron chi connectivity index (χ4n) is 2.01. The molecule has 0 saturated carbocycles. The fourth-order valence-corrected chi connectivity index (χ4v) is 2.01. The molecule has 0 aliphatic rings. The van der Waals surface area contributed by atoms with Gasteiger partial charge in [-0.05, 0) is 57.4 Å². The number of carbonyl (C=O) groups excluding carboxylic acids is 1. The number of nitrogens with one attached hydrogen (secondary N) is 2. The summed E-state index contributed by atoms with van der Waals surface area (Å²) >= 11 is 0. The van der Waals surface area contributed by atoms with Crippen molar-refractivity contribution < 1.29 is 13.9 Å². The smallest absolute Gasteiger partial charge is 0.407 e. The van der Waals surface area contributed by atoms with Crippen LogP contribution in [0.3, 0.4) is 0 Å². The van der Waals surface area contributed by atoms with Crippen LogP contribution in [0.15, 0.2) is 18.2 Å². The van der Waals surface area contributed by atoms with Gasteiger partial charge in [0.2, 0.25) is 0 Å². The van der Waals surface area contributed by atoms with Gasteiger partial charge in [0.15, 0.2) is 0 Å². The summed E-state index contributed by atoms with van der Waals surface area (Å²) in [6.45, 7) is 10.7. The number of carbonyl (C=O) groups is 1. The number of alkyl carbamates (subject to hydrolysis) is 1. The van der Waals surface area contributed by atoms with Crippen LogP contribution in [0.2, 0.25) is 0 Å². The van der Waals surface area contributed by atoms with Gasteiger partial charge in [0.25, 0.3) is 0 Å². The largest absolute Gasteiger partial charge is 0.444 e. The van der Waals surface area contributed by atoms with E-state index in [1.807, 2.05) is 34.6 Å². The first-order valence-electron chi connectivity index (χ1n) is 7.66. The number of hydrogen-bond donors (Lipinski definition) is 2. The molecule has 0 bridgehead atoms. The summed E-state index contributed by atoms with van der Waals surface area (Å²) in [7, 11) is 0. The molecule has 1 unspecified atom stereocenters. The zero-order chi connectivity index (χ0) is 16.8. The molecule has 0 radical (unpaired) electrons. The van der Waals surface area contributed by atoms with Crippen LogP contribution >= 0.6 is 0 Å². The van der Waals surface area contributed by atoms with E-state index in [2.05, 4.69) is 10.6 Å². The van der Waals surface area contributed by atoms with Gasteiger partial charge in [0, 0.05) is 19.1 Å². The first-order valence-corrected chi connectivity index (χ1v) is 7.66. The third-order valence-corrected chi connectivity index (χ3v) is 3.22. The second-order valence-electron chi connectivity index (χ2n) is 6.45. The molecule has 0 aliphatic heterocycles. The van der Waals surface area contributed by atoms with Gasteiger partial charge in [-0.15, -0.1) is 0 Å². The Morgan fingerprint density at radius 3 is 2.59 bits per heavy atom. The molecule has 0 aromatic heterocycles. The highest BCUT2D eigenvalue weighted by atomic mass is 19.1. The molecular formula is C17H27FN2O2. The number of hydrogen-bond acceptors (Lipinski definition) is 3. The van der Waals surface area contributed by atoms with Crippen LogP contribution in [0.4, 0.5) is 9.18 Å². The van der Waals surface area contributed by atoms with Crippen molar-refractivity contribution in [3.05, 3.63) is 35.1 Å².